The van der Waals surface area contributed by atoms with Crippen LogP contribution in [-0.2, 0) is 13.1 Å². The highest BCUT2D eigenvalue weighted by Crippen LogP contribution is 2.10. The highest BCUT2D eigenvalue weighted by Gasteiger charge is 2.20. The average molecular weight is 378 g/mol. The van der Waals surface area contributed by atoms with Crippen LogP contribution < -0.4 is 5.32 Å². The Balaban J connectivity index is 1.43. The van der Waals surface area contributed by atoms with Crippen LogP contribution in [0.5, 0.6) is 0 Å². The van der Waals surface area contributed by atoms with Crippen LogP contribution in [0.3, 0.4) is 0 Å². The molecule has 0 unspecified atom stereocenters. The lowest BCUT2D eigenvalue weighted by molar-refractivity contribution is 0.0697. The summed E-state index contributed by atoms with van der Waals surface area (Å²) in [5, 5.41) is 20.6. The van der Waals surface area contributed by atoms with Crippen LogP contribution in [0.2, 0.25) is 0 Å². The predicted molar refractivity (Wildman–Crippen MR) is 104 cm³/mol. The zero-order valence-electron chi connectivity index (χ0n) is 15.5. The van der Waals surface area contributed by atoms with Crippen molar-refractivity contribution in [3.8, 4) is 6.07 Å². The van der Waals surface area contributed by atoms with Gasteiger partial charge in [-0.05, 0) is 35.4 Å². The summed E-state index contributed by atoms with van der Waals surface area (Å²) in [7, 11) is 0. The number of carbonyl (C=O) groups is 2. The molecule has 2 aromatic rings. The number of benzene rings is 2. The van der Waals surface area contributed by atoms with Crippen molar-refractivity contribution in [2.45, 2.75) is 13.1 Å². The minimum Gasteiger partial charge on any atom is -0.478 e. The molecule has 2 aromatic carbocycles. The Bertz CT molecular complexity index is 864. The molecule has 2 N–H and O–H groups in total. The number of hydrogen-bond acceptors (Lipinski definition) is 4. The molecule has 1 saturated heterocycles. The molecule has 0 atom stereocenters. The van der Waals surface area contributed by atoms with Gasteiger partial charge in [-0.15, -0.1) is 0 Å². The number of nitriles is 1. The first-order valence-electron chi connectivity index (χ1n) is 9.11. The van der Waals surface area contributed by atoms with Crippen molar-refractivity contribution < 1.29 is 14.7 Å². The Morgan fingerprint density at radius 3 is 2.14 bits per heavy atom. The molecular formula is C21H22N4O3. The van der Waals surface area contributed by atoms with Gasteiger partial charge in [0.15, 0.2) is 0 Å². The number of carboxylic acid groups (broad SMARTS) is 1. The maximum absolute atomic E-state index is 12.4. The van der Waals surface area contributed by atoms with Gasteiger partial charge in [-0.3, -0.25) is 4.90 Å². The number of nitrogens with zero attached hydrogens (tertiary/aromatic N) is 3. The van der Waals surface area contributed by atoms with Gasteiger partial charge in [0.25, 0.3) is 0 Å². The molecule has 0 radical (unpaired) electrons. The zero-order chi connectivity index (χ0) is 19.9. The minimum atomic E-state index is -0.963. The Hall–Kier alpha value is -3.37. The molecule has 0 bridgehead atoms. The lowest BCUT2D eigenvalue weighted by atomic mass is 10.1. The van der Waals surface area contributed by atoms with Gasteiger partial charge in [0.2, 0.25) is 0 Å². The third-order valence-corrected chi connectivity index (χ3v) is 4.79. The first-order valence-corrected chi connectivity index (χ1v) is 9.11. The fraction of sp³-hybridized carbons (Fsp3) is 0.286. The molecular weight excluding hydrogens is 356 g/mol. The number of piperazine rings is 1. The summed E-state index contributed by atoms with van der Waals surface area (Å²) in [6.07, 6.45) is 0. The summed E-state index contributed by atoms with van der Waals surface area (Å²) < 4.78 is 0. The second-order valence-electron chi connectivity index (χ2n) is 6.73. The SMILES string of the molecule is N#Cc1ccc(CN2CCN(C(=O)NCc3ccc(C(=O)O)cc3)CC2)cc1. The molecule has 2 amide bonds. The molecule has 0 spiro atoms. The molecule has 0 saturated carbocycles. The molecule has 1 aliphatic rings. The quantitative estimate of drug-likeness (QED) is 0.832. The Morgan fingerprint density at radius 2 is 1.57 bits per heavy atom. The second kappa shape index (κ2) is 9.02. The van der Waals surface area contributed by atoms with Gasteiger partial charge >= 0.3 is 12.0 Å². The number of aromatic carboxylic acids is 1. The van der Waals surface area contributed by atoms with Crippen LogP contribution in [0.1, 0.15) is 27.0 Å². The van der Waals surface area contributed by atoms with E-state index >= 15 is 0 Å². The normalized spacial score (nSPS) is 14.3. The lowest BCUT2D eigenvalue weighted by Crippen LogP contribution is -2.51. The Morgan fingerprint density at radius 1 is 0.964 bits per heavy atom. The Kier molecular flexibility index (Phi) is 6.25. The van der Waals surface area contributed by atoms with E-state index in [0.29, 0.717) is 25.2 Å². The van der Waals surface area contributed by atoms with Crippen molar-refractivity contribution in [1.29, 1.82) is 5.26 Å². The molecule has 28 heavy (non-hydrogen) atoms. The molecule has 0 aromatic heterocycles. The number of urea groups is 1. The Labute approximate surface area is 163 Å². The molecule has 3 rings (SSSR count). The molecule has 1 heterocycles. The van der Waals surface area contributed by atoms with Gasteiger partial charge in [0, 0.05) is 39.3 Å². The van der Waals surface area contributed by atoms with E-state index in [1.54, 1.807) is 17.0 Å². The van der Waals surface area contributed by atoms with E-state index in [-0.39, 0.29) is 11.6 Å². The number of carbonyl (C=O) groups excluding carboxylic acids is 1. The van der Waals surface area contributed by atoms with E-state index in [9.17, 15) is 9.59 Å². The third-order valence-electron chi connectivity index (χ3n) is 4.79. The van der Waals surface area contributed by atoms with E-state index in [2.05, 4.69) is 16.3 Å². The van der Waals surface area contributed by atoms with Gasteiger partial charge in [0.1, 0.15) is 0 Å². The zero-order valence-corrected chi connectivity index (χ0v) is 15.5. The summed E-state index contributed by atoms with van der Waals surface area (Å²) in [6.45, 7) is 4.06. The van der Waals surface area contributed by atoms with Crippen LogP contribution in [0, 0.1) is 11.3 Å². The van der Waals surface area contributed by atoms with Gasteiger partial charge in [0.05, 0.1) is 17.2 Å². The van der Waals surface area contributed by atoms with Crippen molar-refractivity contribution in [2.24, 2.45) is 0 Å². The van der Waals surface area contributed by atoms with Crippen molar-refractivity contribution >= 4 is 12.0 Å². The monoisotopic (exact) mass is 378 g/mol. The maximum atomic E-state index is 12.4. The summed E-state index contributed by atoms with van der Waals surface area (Å²) in [6, 6.07) is 16.1. The summed E-state index contributed by atoms with van der Waals surface area (Å²) >= 11 is 0. The van der Waals surface area contributed by atoms with Crippen LogP contribution >= 0.6 is 0 Å². The topological polar surface area (TPSA) is 96.7 Å². The number of hydrogen-bond donors (Lipinski definition) is 2. The average Bonchev–Trinajstić information content (AvgIpc) is 2.73. The molecule has 7 nitrogen and oxygen atoms in total. The van der Waals surface area contributed by atoms with E-state index in [0.717, 1.165) is 30.8 Å². The standard InChI is InChI=1S/C21H22N4O3/c22-13-16-1-3-18(4-2-16)15-24-9-11-25(12-10-24)21(28)23-14-17-5-7-19(8-6-17)20(26)27/h1-8H,9-12,14-15H2,(H,23,28)(H,26,27). The third kappa shape index (κ3) is 5.09. The summed E-state index contributed by atoms with van der Waals surface area (Å²) in [5.74, 6) is -0.963. The predicted octanol–water partition coefficient (Wildman–Crippen LogP) is 2.28. The van der Waals surface area contributed by atoms with E-state index in [4.69, 9.17) is 10.4 Å². The number of rotatable bonds is 5. The largest absolute Gasteiger partial charge is 0.478 e. The number of nitrogens with one attached hydrogen (secondary N) is 1. The molecule has 7 heteroatoms. The molecule has 1 fully saturated rings. The van der Waals surface area contributed by atoms with Crippen molar-refractivity contribution in [3.63, 3.8) is 0 Å². The van der Waals surface area contributed by atoms with E-state index in [1.807, 2.05) is 24.3 Å². The van der Waals surface area contributed by atoms with Gasteiger partial charge in [-0.1, -0.05) is 24.3 Å². The molecule has 1 aliphatic heterocycles. The minimum absolute atomic E-state index is 0.111. The fourth-order valence-electron chi connectivity index (χ4n) is 3.11. The van der Waals surface area contributed by atoms with Crippen LogP contribution in [0.4, 0.5) is 4.79 Å². The summed E-state index contributed by atoms with van der Waals surface area (Å²) in [5.41, 5.74) is 2.90. The maximum Gasteiger partial charge on any atom is 0.335 e. The highest BCUT2D eigenvalue weighted by molar-refractivity contribution is 5.87. The lowest BCUT2D eigenvalue weighted by Gasteiger charge is -2.34. The number of carboxylic acids is 1. The highest BCUT2D eigenvalue weighted by atomic mass is 16.4. The first kappa shape index (κ1) is 19.4. The first-order chi connectivity index (χ1) is 13.5. The van der Waals surface area contributed by atoms with Crippen molar-refractivity contribution in [1.82, 2.24) is 15.1 Å². The van der Waals surface area contributed by atoms with Gasteiger partial charge < -0.3 is 15.3 Å². The summed E-state index contributed by atoms with van der Waals surface area (Å²) in [4.78, 5) is 27.3. The number of amides is 2. The van der Waals surface area contributed by atoms with Gasteiger partial charge in [-0.25, -0.2) is 9.59 Å². The van der Waals surface area contributed by atoms with Crippen molar-refractivity contribution in [3.05, 3.63) is 70.8 Å². The smallest absolute Gasteiger partial charge is 0.335 e. The van der Waals surface area contributed by atoms with Crippen molar-refractivity contribution in [2.75, 3.05) is 26.2 Å². The van der Waals surface area contributed by atoms with E-state index in [1.165, 1.54) is 12.1 Å². The molecule has 0 aliphatic carbocycles. The van der Waals surface area contributed by atoms with Crippen LogP contribution in [0.15, 0.2) is 48.5 Å². The second-order valence-corrected chi connectivity index (χ2v) is 6.73. The molecule has 144 valence electrons. The fourth-order valence-corrected chi connectivity index (χ4v) is 3.11. The van der Waals surface area contributed by atoms with Gasteiger partial charge in [-0.2, -0.15) is 5.26 Å². The van der Waals surface area contributed by atoms with Crippen LogP contribution in [0.25, 0.3) is 0 Å². The van der Waals surface area contributed by atoms with Crippen LogP contribution in [-0.4, -0.2) is 53.1 Å². The van der Waals surface area contributed by atoms with E-state index < -0.39 is 5.97 Å².